The number of benzene rings is 2. The maximum atomic E-state index is 12.9. The molecule has 2 aromatic carbocycles. The maximum absolute atomic E-state index is 12.9. The fraction of sp³-hybridized carbons (Fsp3) is 0.111. The molecule has 1 aromatic heterocycles. The van der Waals surface area contributed by atoms with Gasteiger partial charge in [-0.05, 0) is 30.7 Å². The van der Waals surface area contributed by atoms with Gasteiger partial charge in [0.1, 0.15) is 11.5 Å². The Labute approximate surface area is 133 Å². The van der Waals surface area contributed by atoms with Gasteiger partial charge in [-0.15, -0.1) is 0 Å². The quantitative estimate of drug-likeness (QED) is 0.772. The van der Waals surface area contributed by atoms with Crippen molar-refractivity contribution in [2.45, 2.75) is 13.0 Å². The molecule has 3 aromatic rings. The van der Waals surface area contributed by atoms with E-state index in [1.54, 1.807) is 18.2 Å². The molecule has 0 fully saturated rings. The SMILES string of the molecule is C[C@@H](NC(=O)c1cc(-c2ccccc2)n[nH]1)c1ccc(F)cc1. The molecule has 0 spiro atoms. The van der Waals surface area contributed by atoms with E-state index in [-0.39, 0.29) is 17.8 Å². The molecule has 0 radical (unpaired) electrons. The Bertz CT molecular complexity index is 797. The number of nitrogens with zero attached hydrogens (tertiary/aromatic N) is 1. The summed E-state index contributed by atoms with van der Waals surface area (Å²) >= 11 is 0. The number of carbonyl (C=O) groups excluding carboxylic acids is 1. The minimum Gasteiger partial charge on any atom is -0.344 e. The number of hydrogen-bond donors (Lipinski definition) is 2. The predicted molar refractivity (Wildman–Crippen MR) is 86.3 cm³/mol. The third kappa shape index (κ3) is 3.45. The highest BCUT2D eigenvalue weighted by Gasteiger charge is 2.14. The molecule has 0 aliphatic carbocycles. The molecule has 0 aliphatic heterocycles. The van der Waals surface area contributed by atoms with Crippen LogP contribution in [-0.2, 0) is 0 Å². The molecular formula is C18H16FN3O. The maximum Gasteiger partial charge on any atom is 0.269 e. The van der Waals surface area contributed by atoms with Crippen molar-refractivity contribution in [2.75, 3.05) is 0 Å². The largest absolute Gasteiger partial charge is 0.344 e. The smallest absolute Gasteiger partial charge is 0.269 e. The summed E-state index contributed by atoms with van der Waals surface area (Å²) in [5, 5.41) is 9.78. The Kier molecular flexibility index (Phi) is 4.19. The molecule has 4 nitrogen and oxygen atoms in total. The minimum atomic E-state index is -0.298. The van der Waals surface area contributed by atoms with Crippen LogP contribution in [0.15, 0.2) is 60.7 Å². The van der Waals surface area contributed by atoms with Gasteiger partial charge < -0.3 is 5.32 Å². The molecule has 1 atom stereocenters. The van der Waals surface area contributed by atoms with Crippen LogP contribution in [-0.4, -0.2) is 16.1 Å². The third-order valence-electron chi connectivity index (χ3n) is 3.61. The summed E-state index contributed by atoms with van der Waals surface area (Å²) in [5.74, 6) is -0.551. The lowest BCUT2D eigenvalue weighted by molar-refractivity contribution is 0.0935. The summed E-state index contributed by atoms with van der Waals surface area (Å²) in [6, 6.07) is 17.2. The highest BCUT2D eigenvalue weighted by molar-refractivity contribution is 5.93. The Morgan fingerprint density at radius 1 is 1.13 bits per heavy atom. The second kappa shape index (κ2) is 6.44. The van der Waals surface area contributed by atoms with Gasteiger partial charge in [-0.3, -0.25) is 9.89 Å². The van der Waals surface area contributed by atoms with Crippen LogP contribution in [0.25, 0.3) is 11.3 Å². The van der Waals surface area contributed by atoms with Crippen LogP contribution in [0.5, 0.6) is 0 Å². The van der Waals surface area contributed by atoms with E-state index >= 15 is 0 Å². The number of aromatic amines is 1. The molecule has 23 heavy (non-hydrogen) atoms. The molecule has 0 aliphatic rings. The molecule has 5 heteroatoms. The second-order valence-corrected chi connectivity index (χ2v) is 5.28. The number of amides is 1. The van der Waals surface area contributed by atoms with E-state index in [0.29, 0.717) is 11.4 Å². The zero-order valence-electron chi connectivity index (χ0n) is 12.6. The normalized spacial score (nSPS) is 11.9. The molecule has 3 rings (SSSR count). The summed E-state index contributed by atoms with van der Waals surface area (Å²) in [6.07, 6.45) is 0. The van der Waals surface area contributed by atoms with E-state index in [9.17, 15) is 9.18 Å². The Balaban J connectivity index is 1.71. The fourth-order valence-corrected chi connectivity index (χ4v) is 2.30. The number of H-pyrrole nitrogens is 1. The van der Waals surface area contributed by atoms with Crippen LogP contribution in [0.4, 0.5) is 4.39 Å². The van der Waals surface area contributed by atoms with Crippen molar-refractivity contribution in [2.24, 2.45) is 0 Å². The summed E-state index contributed by atoms with van der Waals surface area (Å²) in [6.45, 7) is 1.85. The van der Waals surface area contributed by atoms with E-state index in [0.717, 1.165) is 11.1 Å². The van der Waals surface area contributed by atoms with E-state index in [4.69, 9.17) is 0 Å². The standard InChI is InChI=1S/C18H16FN3O/c1-12(13-7-9-15(19)10-8-13)20-18(23)17-11-16(21-22-17)14-5-3-2-4-6-14/h2-12H,1H3,(H,20,23)(H,21,22)/t12-/m1/s1. The van der Waals surface area contributed by atoms with Crippen LogP contribution < -0.4 is 5.32 Å². The Morgan fingerprint density at radius 3 is 2.52 bits per heavy atom. The second-order valence-electron chi connectivity index (χ2n) is 5.28. The van der Waals surface area contributed by atoms with Crippen molar-refractivity contribution in [3.63, 3.8) is 0 Å². The summed E-state index contributed by atoms with van der Waals surface area (Å²) in [4.78, 5) is 12.3. The molecular weight excluding hydrogens is 293 g/mol. The minimum absolute atomic E-state index is 0.230. The van der Waals surface area contributed by atoms with Crippen LogP contribution in [0.1, 0.15) is 29.0 Å². The van der Waals surface area contributed by atoms with E-state index in [1.165, 1.54) is 12.1 Å². The van der Waals surface area contributed by atoms with Crippen molar-refractivity contribution in [1.82, 2.24) is 15.5 Å². The number of rotatable bonds is 4. The van der Waals surface area contributed by atoms with Gasteiger partial charge in [0.15, 0.2) is 0 Å². The first-order valence-corrected chi connectivity index (χ1v) is 7.30. The Morgan fingerprint density at radius 2 is 1.83 bits per heavy atom. The molecule has 0 bridgehead atoms. The van der Waals surface area contributed by atoms with Crippen molar-refractivity contribution in [1.29, 1.82) is 0 Å². The van der Waals surface area contributed by atoms with E-state index in [2.05, 4.69) is 15.5 Å². The van der Waals surface area contributed by atoms with Crippen molar-refractivity contribution < 1.29 is 9.18 Å². The Hall–Kier alpha value is -2.95. The molecule has 0 unspecified atom stereocenters. The van der Waals surface area contributed by atoms with Crippen molar-refractivity contribution in [3.8, 4) is 11.3 Å². The van der Waals surface area contributed by atoms with E-state index in [1.807, 2.05) is 37.3 Å². The van der Waals surface area contributed by atoms with E-state index < -0.39 is 0 Å². The lowest BCUT2D eigenvalue weighted by atomic mass is 10.1. The first-order chi connectivity index (χ1) is 11.1. The topological polar surface area (TPSA) is 57.8 Å². The van der Waals surface area contributed by atoms with Crippen molar-refractivity contribution >= 4 is 5.91 Å². The molecule has 116 valence electrons. The molecule has 2 N–H and O–H groups in total. The summed E-state index contributed by atoms with van der Waals surface area (Å²) in [7, 11) is 0. The lowest BCUT2D eigenvalue weighted by Gasteiger charge is -2.13. The number of aromatic nitrogens is 2. The van der Waals surface area contributed by atoms with Gasteiger partial charge in [0, 0.05) is 5.56 Å². The van der Waals surface area contributed by atoms with Crippen LogP contribution in [0.3, 0.4) is 0 Å². The van der Waals surface area contributed by atoms with Crippen LogP contribution >= 0.6 is 0 Å². The molecule has 0 saturated heterocycles. The van der Waals surface area contributed by atoms with Gasteiger partial charge >= 0.3 is 0 Å². The average Bonchev–Trinajstić information content (AvgIpc) is 3.06. The zero-order valence-corrected chi connectivity index (χ0v) is 12.6. The number of carbonyl (C=O) groups is 1. The first-order valence-electron chi connectivity index (χ1n) is 7.30. The van der Waals surface area contributed by atoms with Gasteiger partial charge in [-0.25, -0.2) is 4.39 Å². The monoisotopic (exact) mass is 309 g/mol. The first kappa shape index (κ1) is 15.0. The highest BCUT2D eigenvalue weighted by Crippen LogP contribution is 2.18. The van der Waals surface area contributed by atoms with Crippen LogP contribution in [0, 0.1) is 5.82 Å². The van der Waals surface area contributed by atoms with Gasteiger partial charge in [-0.2, -0.15) is 5.10 Å². The number of hydrogen-bond acceptors (Lipinski definition) is 2. The zero-order chi connectivity index (χ0) is 16.2. The molecule has 0 saturated carbocycles. The van der Waals surface area contributed by atoms with Gasteiger partial charge in [0.2, 0.25) is 0 Å². The molecule has 1 amide bonds. The summed E-state index contributed by atoms with van der Waals surface area (Å²) < 4.78 is 12.9. The lowest BCUT2D eigenvalue weighted by Crippen LogP contribution is -2.26. The van der Waals surface area contributed by atoms with Gasteiger partial charge in [0.25, 0.3) is 5.91 Å². The van der Waals surface area contributed by atoms with Crippen molar-refractivity contribution in [3.05, 3.63) is 77.7 Å². The van der Waals surface area contributed by atoms with Gasteiger partial charge in [0.05, 0.1) is 11.7 Å². The predicted octanol–water partition coefficient (Wildman–Crippen LogP) is 3.71. The fourth-order valence-electron chi connectivity index (χ4n) is 2.30. The number of halogens is 1. The summed E-state index contributed by atoms with van der Waals surface area (Å²) in [5.41, 5.74) is 2.87. The highest BCUT2D eigenvalue weighted by atomic mass is 19.1. The average molecular weight is 309 g/mol. The van der Waals surface area contributed by atoms with Crippen LogP contribution in [0.2, 0.25) is 0 Å². The van der Waals surface area contributed by atoms with Gasteiger partial charge in [-0.1, -0.05) is 42.5 Å². The molecule has 1 heterocycles. The number of nitrogens with one attached hydrogen (secondary N) is 2. The third-order valence-corrected chi connectivity index (χ3v) is 3.61.